The van der Waals surface area contributed by atoms with Crippen LogP contribution in [-0.4, -0.2) is 7.11 Å². The molecule has 2 aromatic rings. The molecule has 0 saturated carbocycles. The summed E-state index contributed by atoms with van der Waals surface area (Å²) in [5.41, 5.74) is 3.32. The molecule has 1 atom stereocenters. The minimum atomic E-state index is -0.675. The monoisotopic (exact) mass is 342 g/mol. The summed E-state index contributed by atoms with van der Waals surface area (Å²) >= 11 is 3.31. The maximum Gasteiger partial charge on any atom is 0.132 e. The number of methoxy groups -OCH3 is 1. The summed E-state index contributed by atoms with van der Waals surface area (Å²) in [6.45, 7) is 0. The van der Waals surface area contributed by atoms with E-state index >= 15 is 0 Å². The second-order valence-corrected chi connectivity index (χ2v) is 5.01. The van der Waals surface area contributed by atoms with E-state index in [4.69, 9.17) is 10.6 Å². The van der Waals surface area contributed by atoms with Gasteiger partial charge in [0.05, 0.1) is 13.2 Å². The molecule has 3 nitrogen and oxygen atoms in total. The highest BCUT2D eigenvalue weighted by Crippen LogP contribution is 2.31. The van der Waals surface area contributed by atoms with Crippen LogP contribution in [0.1, 0.15) is 17.2 Å². The van der Waals surface area contributed by atoms with Gasteiger partial charge in [0.1, 0.15) is 17.4 Å². The minimum absolute atomic E-state index is 0.305. The minimum Gasteiger partial charge on any atom is -0.497 e. The van der Waals surface area contributed by atoms with E-state index in [-0.39, 0.29) is 0 Å². The third-order valence-electron chi connectivity index (χ3n) is 2.95. The van der Waals surface area contributed by atoms with Crippen LogP contribution >= 0.6 is 15.9 Å². The van der Waals surface area contributed by atoms with E-state index in [1.54, 1.807) is 18.2 Å². The molecule has 0 fully saturated rings. The molecule has 0 radical (unpaired) electrons. The Balaban J connectivity index is 2.49. The Morgan fingerprint density at radius 3 is 2.50 bits per heavy atom. The number of hydrazine groups is 1. The smallest absolute Gasteiger partial charge is 0.132 e. The molecule has 2 rings (SSSR count). The van der Waals surface area contributed by atoms with Crippen LogP contribution in [-0.2, 0) is 0 Å². The average Bonchev–Trinajstić information content (AvgIpc) is 2.44. The van der Waals surface area contributed by atoms with Crippen LogP contribution in [0.5, 0.6) is 5.75 Å². The molecule has 1 unspecified atom stereocenters. The van der Waals surface area contributed by atoms with Crippen molar-refractivity contribution >= 4 is 15.9 Å². The van der Waals surface area contributed by atoms with Gasteiger partial charge in [-0.3, -0.25) is 5.84 Å². The zero-order valence-corrected chi connectivity index (χ0v) is 12.2. The summed E-state index contributed by atoms with van der Waals surface area (Å²) in [6, 6.07) is 7.92. The Morgan fingerprint density at radius 2 is 1.90 bits per heavy atom. The lowest BCUT2D eigenvalue weighted by molar-refractivity contribution is 0.410. The molecule has 0 aliphatic rings. The Labute approximate surface area is 123 Å². The van der Waals surface area contributed by atoms with E-state index in [2.05, 4.69) is 21.4 Å². The van der Waals surface area contributed by atoms with Gasteiger partial charge in [0, 0.05) is 16.1 Å². The molecule has 106 valence electrons. The van der Waals surface area contributed by atoms with E-state index in [0.717, 1.165) is 0 Å². The van der Waals surface area contributed by atoms with Crippen molar-refractivity contribution in [3.05, 3.63) is 63.6 Å². The molecular weight excluding hydrogens is 330 g/mol. The van der Waals surface area contributed by atoms with Crippen LogP contribution in [0, 0.1) is 11.6 Å². The summed E-state index contributed by atoms with van der Waals surface area (Å²) < 4.78 is 33.1. The lowest BCUT2D eigenvalue weighted by Gasteiger charge is -2.19. The fourth-order valence-electron chi connectivity index (χ4n) is 1.95. The van der Waals surface area contributed by atoms with Gasteiger partial charge < -0.3 is 4.74 Å². The lowest BCUT2D eigenvalue weighted by atomic mass is 9.98. The Bertz CT molecular complexity index is 622. The van der Waals surface area contributed by atoms with Gasteiger partial charge in [0.2, 0.25) is 0 Å². The SMILES string of the molecule is COc1ccc(C(NN)c2cc(F)ccc2Br)c(F)c1. The van der Waals surface area contributed by atoms with Crippen molar-refractivity contribution in [1.82, 2.24) is 5.43 Å². The van der Waals surface area contributed by atoms with Crippen molar-refractivity contribution in [3.8, 4) is 5.75 Å². The maximum absolute atomic E-state index is 14.1. The fourth-order valence-corrected chi connectivity index (χ4v) is 2.43. The van der Waals surface area contributed by atoms with Gasteiger partial charge in [0.15, 0.2) is 0 Å². The number of nitrogens with one attached hydrogen (secondary N) is 1. The highest BCUT2D eigenvalue weighted by atomic mass is 79.9. The van der Waals surface area contributed by atoms with E-state index < -0.39 is 17.7 Å². The quantitative estimate of drug-likeness (QED) is 0.662. The first kappa shape index (κ1) is 14.9. The van der Waals surface area contributed by atoms with E-state index in [1.807, 2.05) is 0 Å². The molecule has 0 heterocycles. The first-order valence-electron chi connectivity index (χ1n) is 5.81. The molecule has 0 aromatic heterocycles. The number of ether oxygens (including phenoxy) is 1. The molecule has 0 aliphatic heterocycles. The van der Waals surface area contributed by atoms with E-state index in [9.17, 15) is 8.78 Å². The number of halogens is 3. The molecule has 0 bridgehead atoms. The molecule has 2 aromatic carbocycles. The maximum atomic E-state index is 14.1. The van der Waals surface area contributed by atoms with Gasteiger partial charge in [0.25, 0.3) is 0 Å². The topological polar surface area (TPSA) is 47.3 Å². The normalized spacial score (nSPS) is 12.2. The predicted octanol–water partition coefficient (Wildman–Crippen LogP) is 3.29. The second kappa shape index (κ2) is 6.30. The van der Waals surface area contributed by atoms with Crippen molar-refractivity contribution in [1.29, 1.82) is 0 Å². The summed E-state index contributed by atoms with van der Waals surface area (Å²) in [7, 11) is 1.45. The number of hydrogen-bond acceptors (Lipinski definition) is 3. The van der Waals surface area contributed by atoms with Crippen molar-refractivity contribution in [3.63, 3.8) is 0 Å². The van der Waals surface area contributed by atoms with Crippen molar-refractivity contribution in [2.45, 2.75) is 6.04 Å². The Hall–Kier alpha value is -1.50. The number of nitrogens with two attached hydrogens (primary N) is 1. The highest BCUT2D eigenvalue weighted by molar-refractivity contribution is 9.10. The largest absolute Gasteiger partial charge is 0.497 e. The number of benzene rings is 2. The third-order valence-corrected chi connectivity index (χ3v) is 3.68. The zero-order chi connectivity index (χ0) is 14.7. The molecule has 0 saturated heterocycles. The first-order chi connectivity index (χ1) is 9.56. The van der Waals surface area contributed by atoms with Crippen molar-refractivity contribution < 1.29 is 13.5 Å². The van der Waals surface area contributed by atoms with Gasteiger partial charge in [-0.05, 0) is 29.8 Å². The number of hydrogen-bond donors (Lipinski definition) is 2. The molecule has 6 heteroatoms. The van der Waals surface area contributed by atoms with Gasteiger partial charge in [-0.15, -0.1) is 0 Å². The predicted molar refractivity (Wildman–Crippen MR) is 76.2 cm³/mol. The molecular formula is C14H13BrF2N2O. The zero-order valence-electron chi connectivity index (χ0n) is 10.7. The average molecular weight is 343 g/mol. The third kappa shape index (κ3) is 2.98. The molecule has 0 aliphatic carbocycles. The van der Waals surface area contributed by atoms with Gasteiger partial charge in [-0.1, -0.05) is 22.0 Å². The second-order valence-electron chi connectivity index (χ2n) is 4.15. The van der Waals surface area contributed by atoms with E-state index in [0.29, 0.717) is 21.3 Å². The standard InChI is InChI=1S/C14H13BrF2N2O/c1-20-9-3-4-10(13(17)7-9)14(19-18)11-6-8(16)2-5-12(11)15/h2-7,14,19H,18H2,1H3. The molecule has 3 N–H and O–H groups in total. The van der Waals surface area contributed by atoms with Gasteiger partial charge >= 0.3 is 0 Å². The lowest BCUT2D eigenvalue weighted by Crippen LogP contribution is -2.30. The molecule has 0 amide bonds. The van der Waals surface area contributed by atoms with E-state index in [1.165, 1.54) is 25.3 Å². The van der Waals surface area contributed by atoms with Crippen LogP contribution in [0.25, 0.3) is 0 Å². The summed E-state index contributed by atoms with van der Waals surface area (Å²) in [5.74, 6) is 5.01. The van der Waals surface area contributed by atoms with Crippen LogP contribution < -0.4 is 16.0 Å². The number of rotatable bonds is 4. The fraction of sp³-hybridized carbons (Fsp3) is 0.143. The highest BCUT2D eigenvalue weighted by Gasteiger charge is 2.20. The van der Waals surface area contributed by atoms with Gasteiger partial charge in [-0.25, -0.2) is 14.2 Å². The summed E-state index contributed by atoms with van der Waals surface area (Å²) in [5, 5.41) is 0. The van der Waals surface area contributed by atoms with Crippen LogP contribution in [0.15, 0.2) is 40.9 Å². The Kier molecular flexibility index (Phi) is 4.69. The van der Waals surface area contributed by atoms with Crippen molar-refractivity contribution in [2.75, 3.05) is 7.11 Å². The first-order valence-corrected chi connectivity index (χ1v) is 6.60. The Morgan fingerprint density at radius 1 is 1.15 bits per heavy atom. The molecule has 20 heavy (non-hydrogen) atoms. The molecule has 0 spiro atoms. The van der Waals surface area contributed by atoms with Gasteiger partial charge in [-0.2, -0.15) is 0 Å². The van der Waals surface area contributed by atoms with Crippen molar-refractivity contribution in [2.24, 2.45) is 5.84 Å². The van der Waals surface area contributed by atoms with Crippen LogP contribution in [0.4, 0.5) is 8.78 Å². The van der Waals surface area contributed by atoms with Crippen LogP contribution in [0.3, 0.4) is 0 Å². The summed E-state index contributed by atoms with van der Waals surface area (Å²) in [6.07, 6.45) is 0. The van der Waals surface area contributed by atoms with Crippen LogP contribution in [0.2, 0.25) is 0 Å². The summed E-state index contributed by atoms with van der Waals surface area (Å²) in [4.78, 5) is 0.